The van der Waals surface area contributed by atoms with Gasteiger partial charge in [0.15, 0.2) is 0 Å². The Morgan fingerprint density at radius 2 is 2.04 bits per heavy atom. The van der Waals surface area contributed by atoms with Gasteiger partial charge < -0.3 is 9.82 Å². The topological polar surface area (TPSA) is 54.4 Å². The Kier molecular flexibility index (Phi) is 5.86. The Bertz CT molecular complexity index is 842. The molecule has 0 unspecified atom stereocenters. The molecule has 1 fully saturated rings. The molecule has 2 aromatic rings. The number of aryl methyl sites for hydroxylation is 1. The van der Waals surface area contributed by atoms with Crippen LogP contribution < -0.4 is 5.56 Å². The summed E-state index contributed by atoms with van der Waals surface area (Å²) in [6.45, 7) is 1.78. The van der Waals surface area contributed by atoms with Crippen molar-refractivity contribution >= 4 is 29.1 Å². The third-order valence-corrected chi connectivity index (χ3v) is 5.60. The highest BCUT2D eigenvalue weighted by Crippen LogP contribution is 2.27. The van der Waals surface area contributed by atoms with E-state index in [1.807, 2.05) is 30.5 Å². The summed E-state index contributed by atoms with van der Waals surface area (Å²) in [4.78, 5) is 21.7. The lowest BCUT2D eigenvalue weighted by Gasteiger charge is -2.12. The van der Waals surface area contributed by atoms with Gasteiger partial charge >= 0.3 is 0 Å². The smallest absolute Gasteiger partial charge is 0.251 e. The van der Waals surface area contributed by atoms with Gasteiger partial charge in [-0.2, -0.15) is 0 Å². The van der Waals surface area contributed by atoms with Crippen molar-refractivity contribution in [2.75, 3.05) is 6.26 Å². The monoisotopic (exact) mass is 376 g/mol. The molecule has 132 valence electrons. The fourth-order valence-corrected chi connectivity index (χ4v) is 3.75. The summed E-state index contributed by atoms with van der Waals surface area (Å²) in [7, 11) is 0. The number of hydrogen-bond donors (Lipinski definition) is 1. The van der Waals surface area contributed by atoms with E-state index in [4.69, 9.17) is 16.4 Å². The first-order valence-electron chi connectivity index (χ1n) is 8.36. The number of thioether (sulfide) groups is 1. The van der Waals surface area contributed by atoms with Crippen molar-refractivity contribution in [1.82, 2.24) is 4.98 Å². The van der Waals surface area contributed by atoms with E-state index in [1.54, 1.807) is 24.8 Å². The van der Waals surface area contributed by atoms with E-state index in [0.29, 0.717) is 22.0 Å². The number of hydrogen-bond acceptors (Lipinski definition) is 4. The number of aromatic amines is 1. The van der Waals surface area contributed by atoms with Crippen molar-refractivity contribution in [3.05, 3.63) is 62.5 Å². The standard InChI is InChI=1S/C19H21ClN2O2S/c1-12-7-9-16(21-19(12)23)18(22-24-14-5-3-4-6-14)13-8-10-17(25-2)15(20)11-13/h7-11,14H,3-6H2,1-2H3,(H,21,23)/b22-18+. The molecule has 1 aliphatic carbocycles. The van der Waals surface area contributed by atoms with E-state index in [2.05, 4.69) is 10.1 Å². The molecule has 25 heavy (non-hydrogen) atoms. The molecule has 0 radical (unpaired) electrons. The molecule has 3 rings (SSSR count). The van der Waals surface area contributed by atoms with Crippen LogP contribution in [0.25, 0.3) is 0 Å². The van der Waals surface area contributed by atoms with Gasteiger partial charge in [0.05, 0.1) is 10.7 Å². The zero-order chi connectivity index (χ0) is 17.8. The van der Waals surface area contributed by atoms with E-state index < -0.39 is 0 Å². The normalized spacial score (nSPS) is 15.6. The van der Waals surface area contributed by atoms with Crippen LogP contribution in [0.4, 0.5) is 0 Å². The average Bonchev–Trinajstić information content (AvgIpc) is 3.12. The first-order chi connectivity index (χ1) is 12.1. The minimum atomic E-state index is -0.127. The lowest BCUT2D eigenvalue weighted by Crippen LogP contribution is -2.17. The highest BCUT2D eigenvalue weighted by atomic mass is 35.5. The number of rotatable bonds is 5. The summed E-state index contributed by atoms with van der Waals surface area (Å²) in [5, 5.41) is 5.05. The Balaban J connectivity index is 2.01. The minimum absolute atomic E-state index is 0.127. The van der Waals surface area contributed by atoms with Gasteiger partial charge in [-0.15, -0.1) is 11.8 Å². The van der Waals surface area contributed by atoms with Crippen LogP contribution in [0.2, 0.25) is 5.02 Å². The van der Waals surface area contributed by atoms with E-state index in [-0.39, 0.29) is 11.7 Å². The number of pyridine rings is 1. The number of benzene rings is 1. The second kappa shape index (κ2) is 8.11. The molecule has 6 heteroatoms. The number of nitrogens with zero attached hydrogens (tertiary/aromatic N) is 1. The fraction of sp³-hybridized carbons (Fsp3) is 0.368. The van der Waals surface area contributed by atoms with Gasteiger partial charge in [-0.05, 0) is 57.1 Å². The van der Waals surface area contributed by atoms with Gasteiger partial charge in [0.1, 0.15) is 11.8 Å². The van der Waals surface area contributed by atoms with E-state index in [1.165, 1.54) is 12.8 Å². The number of halogens is 1. The molecule has 1 heterocycles. The van der Waals surface area contributed by atoms with Crippen molar-refractivity contribution in [1.29, 1.82) is 0 Å². The predicted molar refractivity (Wildman–Crippen MR) is 104 cm³/mol. The molecule has 0 aliphatic heterocycles. The van der Waals surface area contributed by atoms with Crippen LogP contribution in [0.5, 0.6) is 0 Å². The first kappa shape index (κ1) is 18.1. The molecular formula is C19H21ClN2O2S. The van der Waals surface area contributed by atoms with E-state index >= 15 is 0 Å². The molecule has 1 saturated carbocycles. The SMILES string of the molecule is CSc1ccc(/C(=N\OC2CCCC2)c2ccc(C)c(=O)[nH]2)cc1Cl. The van der Waals surface area contributed by atoms with Crippen LogP contribution in [-0.2, 0) is 4.84 Å². The predicted octanol–water partition coefficient (Wildman–Crippen LogP) is 4.77. The second-order valence-corrected chi connectivity index (χ2v) is 7.44. The zero-order valence-corrected chi connectivity index (χ0v) is 15.9. The minimum Gasteiger partial charge on any atom is -0.392 e. The highest BCUT2D eigenvalue weighted by Gasteiger charge is 2.18. The van der Waals surface area contributed by atoms with Gasteiger partial charge in [0, 0.05) is 16.0 Å². The van der Waals surface area contributed by atoms with Crippen LogP contribution in [0.1, 0.15) is 42.5 Å². The van der Waals surface area contributed by atoms with Crippen LogP contribution in [0.3, 0.4) is 0 Å². The number of aromatic nitrogens is 1. The Morgan fingerprint density at radius 1 is 1.28 bits per heavy atom. The van der Waals surface area contributed by atoms with Gasteiger partial charge in [0.25, 0.3) is 5.56 Å². The van der Waals surface area contributed by atoms with Crippen LogP contribution in [-0.4, -0.2) is 23.1 Å². The van der Waals surface area contributed by atoms with Crippen LogP contribution >= 0.6 is 23.4 Å². The van der Waals surface area contributed by atoms with Crippen molar-refractivity contribution in [2.24, 2.45) is 5.16 Å². The molecule has 1 aliphatic rings. The number of nitrogens with one attached hydrogen (secondary N) is 1. The van der Waals surface area contributed by atoms with Gasteiger partial charge in [-0.1, -0.05) is 28.9 Å². The molecular weight excluding hydrogens is 356 g/mol. The highest BCUT2D eigenvalue weighted by molar-refractivity contribution is 7.98. The van der Waals surface area contributed by atoms with Crippen LogP contribution in [0, 0.1) is 6.92 Å². The molecule has 0 spiro atoms. The van der Waals surface area contributed by atoms with Gasteiger partial charge in [0.2, 0.25) is 0 Å². The summed E-state index contributed by atoms with van der Waals surface area (Å²) in [5.74, 6) is 0. The van der Waals surface area contributed by atoms with Gasteiger partial charge in [-0.3, -0.25) is 4.79 Å². The molecule has 0 amide bonds. The van der Waals surface area contributed by atoms with E-state index in [9.17, 15) is 4.79 Å². The molecule has 0 saturated heterocycles. The average molecular weight is 377 g/mol. The van der Waals surface area contributed by atoms with Crippen molar-refractivity contribution < 1.29 is 4.84 Å². The first-order valence-corrected chi connectivity index (χ1v) is 9.97. The summed E-state index contributed by atoms with van der Waals surface area (Å²) in [6.07, 6.45) is 6.52. The summed E-state index contributed by atoms with van der Waals surface area (Å²) in [5.41, 5.74) is 2.58. The van der Waals surface area contributed by atoms with Crippen molar-refractivity contribution in [2.45, 2.75) is 43.6 Å². The maximum Gasteiger partial charge on any atom is 0.251 e. The lowest BCUT2D eigenvalue weighted by atomic mass is 10.1. The molecule has 1 aromatic heterocycles. The third kappa shape index (κ3) is 4.28. The Labute approximate surface area is 156 Å². The summed E-state index contributed by atoms with van der Waals surface area (Å²) < 4.78 is 0. The lowest BCUT2D eigenvalue weighted by molar-refractivity contribution is 0.0647. The summed E-state index contributed by atoms with van der Waals surface area (Å²) >= 11 is 7.95. The zero-order valence-electron chi connectivity index (χ0n) is 14.3. The Hall–Kier alpha value is -1.72. The quantitative estimate of drug-likeness (QED) is 0.464. The molecule has 1 N–H and O–H groups in total. The third-order valence-electron chi connectivity index (χ3n) is 4.38. The van der Waals surface area contributed by atoms with Crippen molar-refractivity contribution in [3.63, 3.8) is 0 Å². The molecule has 0 bridgehead atoms. The fourth-order valence-electron chi connectivity index (χ4n) is 2.88. The van der Waals surface area contributed by atoms with E-state index in [0.717, 1.165) is 23.3 Å². The number of H-pyrrole nitrogens is 1. The van der Waals surface area contributed by atoms with Gasteiger partial charge in [-0.25, -0.2) is 0 Å². The second-order valence-electron chi connectivity index (χ2n) is 6.19. The van der Waals surface area contributed by atoms with Crippen LogP contribution in [0.15, 0.2) is 45.2 Å². The summed E-state index contributed by atoms with van der Waals surface area (Å²) in [6, 6.07) is 9.41. The van der Waals surface area contributed by atoms with Crippen molar-refractivity contribution in [3.8, 4) is 0 Å². The Morgan fingerprint density at radius 3 is 2.68 bits per heavy atom. The maximum atomic E-state index is 12.0. The maximum absolute atomic E-state index is 12.0. The largest absolute Gasteiger partial charge is 0.392 e. The molecule has 1 aromatic carbocycles. The molecule has 4 nitrogen and oxygen atoms in total. The number of oxime groups is 1. The molecule has 0 atom stereocenters.